The van der Waals surface area contributed by atoms with Crippen LogP contribution in [0.2, 0.25) is 0 Å². The third kappa shape index (κ3) is 4.27. The Kier molecular flexibility index (Phi) is 6.46. The molecule has 0 aliphatic carbocycles. The molecule has 0 unspecified atom stereocenters. The third-order valence-electron chi connectivity index (χ3n) is 4.60. The largest absolute Gasteiger partial charge is 0.474 e. The van der Waals surface area contributed by atoms with Crippen molar-refractivity contribution < 1.29 is 26.7 Å². The number of nitrogens with one attached hydrogen (secondary N) is 1. The molecular weight excluding hydrogens is 390 g/mol. The molecule has 1 atom stereocenters. The fraction of sp³-hybridized carbons (Fsp3) is 0.562. The van der Waals surface area contributed by atoms with Crippen molar-refractivity contribution in [3.63, 3.8) is 0 Å². The molecule has 0 spiro atoms. The van der Waals surface area contributed by atoms with Gasteiger partial charge in [-0.3, -0.25) is 4.79 Å². The Morgan fingerprint density at radius 2 is 1.73 bits per heavy atom. The molecule has 6 nitrogen and oxygen atoms in total. The molecule has 0 bridgehead atoms. The van der Waals surface area contributed by atoms with E-state index in [1.165, 1.54) is 0 Å². The van der Waals surface area contributed by atoms with E-state index in [0.29, 0.717) is 25.1 Å². The highest BCUT2D eigenvalue weighted by atomic mass is 35.5. The van der Waals surface area contributed by atoms with E-state index in [-0.39, 0.29) is 24.4 Å². The number of hydrogen-bond donors (Lipinski definition) is 1. The van der Waals surface area contributed by atoms with E-state index in [4.69, 9.17) is 4.74 Å². The summed E-state index contributed by atoms with van der Waals surface area (Å²) < 4.78 is 56.4. The van der Waals surface area contributed by atoms with Crippen LogP contribution in [0.15, 0.2) is 17.0 Å². The van der Waals surface area contributed by atoms with E-state index in [1.54, 1.807) is 4.90 Å². The van der Waals surface area contributed by atoms with Crippen molar-refractivity contribution in [2.24, 2.45) is 0 Å². The lowest BCUT2D eigenvalue weighted by Gasteiger charge is -2.31. The number of likely N-dealkylation sites (tertiary alicyclic amines) is 1. The normalized spacial score (nSPS) is 21.6. The minimum Gasteiger partial charge on any atom is -0.474 e. The maximum absolute atomic E-state index is 14.1. The zero-order valence-corrected chi connectivity index (χ0v) is 15.8. The molecule has 3 rings (SSSR count). The predicted molar refractivity (Wildman–Crippen MR) is 93.4 cm³/mol. The highest BCUT2D eigenvalue weighted by Crippen LogP contribution is 2.29. The first kappa shape index (κ1) is 20.9. The highest BCUT2D eigenvalue weighted by Gasteiger charge is 2.38. The van der Waals surface area contributed by atoms with E-state index < -0.39 is 38.2 Å². The molecule has 1 N–H and O–H groups in total. The first-order valence-electron chi connectivity index (χ1n) is 8.14. The summed E-state index contributed by atoms with van der Waals surface area (Å²) in [5.74, 6) is -3.25. The Bertz CT molecular complexity index is 761. The number of halogens is 3. The average Bonchev–Trinajstić information content (AvgIpc) is 2.91. The molecule has 2 heterocycles. The topological polar surface area (TPSA) is 75.7 Å². The molecule has 0 saturated carbocycles. The van der Waals surface area contributed by atoms with Crippen LogP contribution in [-0.4, -0.2) is 57.3 Å². The number of piperidine rings is 1. The molecule has 1 amide bonds. The van der Waals surface area contributed by atoms with Gasteiger partial charge in [0.2, 0.25) is 0 Å². The average molecular weight is 411 g/mol. The van der Waals surface area contributed by atoms with Crippen molar-refractivity contribution in [2.45, 2.75) is 36.3 Å². The number of nitrogens with zero attached hydrogens (tertiary/aromatic N) is 1. The summed E-state index contributed by atoms with van der Waals surface area (Å²) in [7, 11) is -3.74. The molecule has 2 aliphatic heterocycles. The van der Waals surface area contributed by atoms with Crippen LogP contribution < -0.4 is 10.1 Å². The van der Waals surface area contributed by atoms with Gasteiger partial charge in [0, 0.05) is 25.3 Å². The van der Waals surface area contributed by atoms with Gasteiger partial charge in [-0.2, -0.15) is 0 Å². The SMILES string of the molecule is CS(=O)(=O)c1cc(F)c(O[C@H]2CCN(C3CCNCC3)C2=O)c(F)c1.Cl. The number of amides is 1. The van der Waals surface area contributed by atoms with E-state index in [0.717, 1.165) is 32.2 Å². The first-order valence-corrected chi connectivity index (χ1v) is 10.0. The molecule has 0 radical (unpaired) electrons. The quantitative estimate of drug-likeness (QED) is 0.814. The summed E-state index contributed by atoms with van der Waals surface area (Å²) in [4.78, 5) is 13.7. The number of hydrogen-bond acceptors (Lipinski definition) is 5. The van der Waals surface area contributed by atoms with Crippen LogP contribution >= 0.6 is 12.4 Å². The van der Waals surface area contributed by atoms with Crippen molar-refractivity contribution in [1.29, 1.82) is 0 Å². The van der Waals surface area contributed by atoms with Gasteiger partial charge in [-0.1, -0.05) is 0 Å². The molecule has 1 aromatic carbocycles. The minimum atomic E-state index is -3.74. The molecule has 10 heteroatoms. The molecule has 146 valence electrons. The molecule has 26 heavy (non-hydrogen) atoms. The molecular formula is C16H21ClF2N2O4S. The van der Waals surface area contributed by atoms with E-state index in [2.05, 4.69) is 5.32 Å². The number of sulfone groups is 1. The summed E-state index contributed by atoms with van der Waals surface area (Å²) in [5.41, 5.74) is 0. The fourth-order valence-corrected chi connectivity index (χ4v) is 3.91. The minimum absolute atomic E-state index is 0. The van der Waals surface area contributed by atoms with Gasteiger partial charge in [0.05, 0.1) is 4.90 Å². The summed E-state index contributed by atoms with van der Waals surface area (Å²) in [6.07, 6.45) is 1.92. The number of carbonyl (C=O) groups is 1. The molecule has 2 saturated heterocycles. The predicted octanol–water partition coefficient (Wildman–Crippen LogP) is 1.52. The standard InChI is InChI=1S/C16H20F2N2O4S.ClH/c1-25(22,23)11-8-12(17)15(13(18)9-11)24-14-4-7-20(16(14)21)10-2-5-19-6-3-10;/h8-10,14,19H,2-7H2,1H3;1H/t14-;/m0./s1. The number of carbonyl (C=O) groups excluding carboxylic acids is 1. The van der Waals surface area contributed by atoms with Gasteiger partial charge in [0.1, 0.15) is 0 Å². The van der Waals surface area contributed by atoms with Gasteiger partial charge in [-0.15, -0.1) is 12.4 Å². The maximum atomic E-state index is 14.1. The maximum Gasteiger partial charge on any atom is 0.263 e. The number of ether oxygens (including phenoxy) is 1. The lowest BCUT2D eigenvalue weighted by atomic mass is 10.1. The van der Waals surface area contributed by atoms with Crippen LogP contribution in [-0.2, 0) is 14.6 Å². The zero-order valence-electron chi connectivity index (χ0n) is 14.2. The Hall–Kier alpha value is -1.45. The summed E-state index contributed by atoms with van der Waals surface area (Å²) in [6.45, 7) is 2.14. The van der Waals surface area contributed by atoms with E-state index >= 15 is 0 Å². The lowest BCUT2D eigenvalue weighted by Crippen LogP contribution is -2.45. The number of benzene rings is 1. The van der Waals surface area contributed by atoms with Gasteiger partial charge in [-0.05, 0) is 38.1 Å². The van der Waals surface area contributed by atoms with E-state index in [9.17, 15) is 22.0 Å². The first-order chi connectivity index (χ1) is 11.8. The van der Waals surface area contributed by atoms with Crippen molar-refractivity contribution >= 4 is 28.2 Å². The van der Waals surface area contributed by atoms with Crippen LogP contribution in [0.3, 0.4) is 0 Å². The van der Waals surface area contributed by atoms with Gasteiger partial charge in [0.15, 0.2) is 33.3 Å². The van der Waals surface area contributed by atoms with Gasteiger partial charge in [-0.25, -0.2) is 17.2 Å². The summed E-state index contributed by atoms with van der Waals surface area (Å²) in [5, 5.41) is 3.22. The third-order valence-corrected chi connectivity index (χ3v) is 5.69. The molecule has 2 aliphatic rings. The van der Waals surface area contributed by atoms with Crippen molar-refractivity contribution in [1.82, 2.24) is 10.2 Å². The molecule has 2 fully saturated rings. The molecule has 0 aromatic heterocycles. The zero-order chi connectivity index (χ0) is 18.2. The van der Waals surface area contributed by atoms with Crippen LogP contribution in [0.4, 0.5) is 8.78 Å². The lowest BCUT2D eigenvalue weighted by molar-refractivity contribution is -0.135. The van der Waals surface area contributed by atoms with Gasteiger partial charge in [0.25, 0.3) is 5.91 Å². The van der Waals surface area contributed by atoms with E-state index in [1.807, 2.05) is 0 Å². The smallest absolute Gasteiger partial charge is 0.263 e. The van der Waals surface area contributed by atoms with Gasteiger partial charge >= 0.3 is 0 Å². The molecule has 1 aromatic rings. The summed E-state index contributed by atoms with van der Waals surface area (Å²) >= 11 is 0. The van der Waals surface area contributed by atoms with Crippen molar-refractivity contribution in [3.05, 3.63) is 23.8 Å². The number of rotatable bonds is 4. The Morgan fingerprint density at radius 3 is 2.27 bits per heavy atom. The Morgan fingerprint density at radius 1 is 1.15 bits per heavy atom. The van der Waals surface area contributed by atoms with Crippen LogP contribution in [0.5, 0.6) is 5.75 Å². The van der Waals surface area contributed by atoms with Gasteiger partial charge < -0.3 is 15.0 Å². The van der Waals surface area contributed by atoms with Crippen LogP contribution in [0, 0.1) is 11.6 Å². The Labute approximate surface area is 157 Å². The van der Waals surface area contributed by atoms with Crippen molar-refractivity contribution in [3.8, 4) is 5.75 Å². The second kappa shape index (κ2) is 8.06. The van der Waals surface area contributed by atoms with Crippen LogP contribution in [0.1, 0.15) is 19.3 Å². The summed E-state index contributed by atoms with van der Waals surface area (Å²) in [6, 6.07) is 1.53. The van der Waals surface area contributed by atoms with Crippen molar-refractivity contribution in [2.75, 3.05) is 25.9 Å². The van der Waals surface area contributed by atoms with Crippen LogP contribution in [0.25, 0.3) is 0 Å². The Balaban J connectivity index is 0.00000243. The fourth-order valence-electron chi connectivity index (χ4n) is 3.27. The monoisotopic (exact) mass is 410 g/mol. The second-order valence-electron chi connectivity index (χ2n) is 6.40. The highest BCUT2D eigenvalue weighted by molar-refractivity contribution is 7.90. The second-order valence-corrected chi connectivity index (χ2v) is 8.41.